The van der Waals surface area contributed by atoms with E-state index in [9.17, 15) is 4.79 Å². The van der Waals surface area contributed by atoms with Crippen molar-refractivity contribution in [2.75, 3.05) is 20.2 Å². The first kappa shape index (κ1) is 18.1. The number of hydrogen-bond acceptors (Lipinski definition) is 6. The Morgan fingerprint density at radius 1 is 1.14 bits per heavy atom. The number of fused-ring (bicyclic) bond motifs is 2. The Kier molecular flexibility index (Phi) is 4.24. The zero-order valence-electron chi connectivity index (χ0n) is 16.7. The van der Waals surface area contributed by atoms with E-state index in [1.54, 1.807) is 7.11 Å². The predicted molar refractivity (Wildman–Crippen MR) is 108 cm³/mol. The highest BCUT2D eigenvalue weighted by atomic mass is 16.5. The molecule has 8 nitrogen and oxygen atoms in total. The van der Waals surface area contributed by atoms with Crippen molar-refractivity contribution in [2.24, 2.45) is 7.05 Å². The average molecular weight is 392 g/mol. The molecular formula is C21H24N6O2. The zero-order valence-corrected chi connectivity index (χ0v) is 16.7. The van der Waals surface area contributed by atoms with Crippen molar-refractivity contribution < 1.29 is 4.74 Å². The summed E-state index contributed by atoms with van der Waals surface area (Å²) in [5.74, 6) is 1.59. The van der Waals surface area contributed by atoms with Gasteiger partial charge in [-0.15, -0.1) is 10.2 Å². The molecule has 0 radical (unpaired) electrons. The number of aromatic nitrogens is 5. The third kappa shape index (κ3) is 3.04. The highest BCUT2D eigenvalue weighted by Gasteiger charge is 2.46. The Balaban J connectivity index is 1.41. The number of rotatable bonds is 4. The lowest BCUT2D eigenvalue weighted by Crippen LogP contribution is -2.33. The number of methoxy groups -OCH3 is 1. The number of hydrogen-bond donors (Lipinski definition) is 0. The minimum Gasteiger partial charge on any atom is -0.497 e. The van der Waals surface area contributed by atoms with Crippen LogP contribution in [0.1, 0.15) is 24.2 Å². The molecule has 1 saturated heterocycles. The second-order valence-corrected chi connectivity index (χ2v) is 8.07. The van der Waals surface area contributed by atoms with Crippen LogP contribution >= 0.6 is 0 Å². The van der Waals surface area contributed by atoms with E-state index in [2.05, 4.69) is 26.4 Å². The van der Waals surface area contributed by atoms with Crippen molar-refractivity contribution in [2.45, 2.75) is 31.3 Å². The van der Waals surface area contributed by atoms with E-state index >= 15 is 0 Å². The molecule has 3 aromatic rings. The monoisotopic (exact) mass is 392 g/mol. The van der Waals surface area contributed by atoms with Crippen LogP contribution in [-0.4, -0.2) is 49.6 Å². The Labute approximate surface area is 168 Å². The van der Waals surface area contributed by atoms with Crippen LogP contribution < -0.4 is 10.3 Å². The third-order valence-electron chi connectivity index (χ3n) is 6.20. The topological polar surface area (TPSA) is 78.1 Å². The Bertz CT molecular complexity index is 1100. The standard InChI is InChI=1S/C21H24N6O2/c1-25-12-15(11-22-25)13-26-9-7-21(14-26)8-10-27-19(28)18(23-24-20(21)27)16-3-5-17(29-2)6-4-16/h3-6,11-12H,7-10,13-14H2,1-2H3/t21-/m0/s1. The first-order valence-corrected chi connectivity index (χ1v) is 9.90. The molecule has 1 atom stereocenters. The van der Waals surface area contributed by atoms with Gasteiger partial charge in [-0.25, -0.2) is 0 Å². The number of benzene rings is 1. The number of likely N-dealkylation sites (tertiary alicyclic amines) is 1. The van der Waals surface area contributed by atoms with Gasteiger partial charge in [0.1, 0.15) is 11.6 Å². The Hall–Kier alpha value is -3.00. The highest BCUT2D eigenvalue weighted by molar-refractivity contribution is 5.58. The van der Waals surface area contributed by atoms with Gasteiger partial charge in [-0.3, -0.25) is 18.9 Å². The third-order valence-corrected chi connectivity index (χ3v) is 6.20. The first-order valence-electron chi connectivity index (χ1n) is 9.90. The first-order chi connectivity index (χ1) is 14.1. The molecule has 8 heteroatoms. The molecule has 0 bridgehead atoms. The molecule has 0 saturated carbocycles. The van der Waals surface area contributed by atoms with E-state index in [1.165, 1.54) is 5.56 Å². The average Bonchev–Trinajstić information content (AvgIpc) is 3.43. The summed E-state index contributed by atoms with van der Waals surface area (Å²) in [6.45, 7) is 3.47. The molecule has 0 aliphatic carbocycles. The number of ether oxygens (including phenoxy) is 1. The van der Waals surface area contributed by atoms with Crippen molar-refractivity contribution in [3.8, 4) is 17.0 Å². The fourth-order valence-electron chi connectivity index (χ4n) is 4.68. The second kappa shape index (κ2) is 6.81. The molecule has 0 N–H and O–H groups in total. The van der Waals surface area contributed by atoms with Gasteiger partial charge in [0.15, 0.2) is 5.69 Å². The molecule has 2 aliphatic heterocycles. The van der Waals surface area contributed by atoms with Gasteiger partial charge in [-0.2, -0.15) is 5.10 Å². The molecule has 1 aromatic carbocycles. The normalized spacial score (nSPS) is 21.0. The van der Waals surface area contributed by atoms with Gasteiger partial charge >= 0.3 is 0 Å². The molecule has 1 spiro atoms. The van der Waals surface area contributed by atoms with E-state index in [1.807, 2.05) is 46.8 Å². The van der Waals surface area contributed by atoms with Crippen molar-refractivity contribution in [3.63, 3.8) is 0 Å². The van der Waals surface area contributed by atoms with Crippen LogP contribution in [0.3, 0.4) is 0 Å². The van der Waals surface area contributed by atoms with Crippen LogP contribution in [0, 0.1) is 0 Å². The zero-order chi connectivity index (χ0) is 20.0. The van der Waals surface area contributed by atoms with Gasteiger partial charge in [0.05, 0.1) is 13.3 Å². The molecule has 2 aromatic heterocycles. The SMILES string of the molecule is COc1ccc(-c2nnc3n(c2=O)CC[C@]32CCN(Cc3cnn(C)c3)C2)cc1. The van der Waals surface area contributed by atoms with Gasteiger partial charge in [0.25, 0.3) is 5.56 Å². The highest BCUT2D eigenvalue weighted by Crippen LogP contribution is 2.41. The van der Waals surface area contributed by atoms with Crippen LogP contribution in [0.25, 0.3) is 11.3 Å². The van der Waals surface area contributed by atoms with Crippen molar-refractivity contribution in [1.29, 1.82) is 0 Å². The maximum Gasteiger partial charge on any atom is 0.280 e. The quantitative estimate of drug-likeness (QED) is 0.671. The summed E-state index contributed by atoms with van der Waals surface area (Å²) in [5.41, 5.74) is 2.25. The van der Waals surface area contributed by atoms with Crippen molar-refractivity contribution in [3.05, 3.63) is 58.4 Å². The fraction of sp³-hybridized carbons (Fsp3) is 0.429. The molecule has 5 rings (SSSR count). The smallest absolute Gasteiger partial charge is 0.280 e. The van der Waals surface area contributed by atoms with Gasteiger partial charge < -0.3 is 4.74 Å². The van der Waals surface area contributed by atoms with E-state index in [0.717, 1.165) is 49.6 Å². The minimum atomic E-state index is -0.0766. The molecule has 29 heavy (non-hydrogen) atoms. The van der Waals surface area contributed by atoms with Gasteiger partial charge in [-0.05, 0) is 43.7 Å². The second-order valence-electron chi connectivity index (χ2n) is 8.07. The molecule has 4 heterocycles. The lowest BCUT2D eigenvalue weighted by Gasteiger charge is -2.22. The minimum absolute atomic E-state index is 0.0530. The summed E-state index contributed by atoms with van der Waals surface area (Å²) in [6, 6.07) is 7.38. The fourth-order valence-corrected chi connectivity index (χ4v) is 4.68. The van der Waals surface area contributed by atoms with E-state index in [-0.39, 0.29) is 11.0 Å². The van der Waals surface area contributed by atoms with Gasteiger partial charge in [0.2, 0.25) is 0 Å². The molecule has 2 aliphatic rings. The van der Waals surface area contributed by atoms with Crippen LogP contribution in [0.5, 0.6) is 5.75 Å². The largest absolute Gasteiger partial charge is 0.497 e. The maximum atomic E-state index is 13.1. The van der Waals surface area contributed by atoms with Crippen molar-refractivity contribution >= 4 is 0 Å². The maximum absolute atomic E-state index is 13.1. The van der Waals surface area contributed by atoms with Crippen molar-refractivity contribution in [1.82, 2.24) is 29.4 Å². The van der Waals surface area contributed by atoms with Crippen LogP contribution in [0.15, 0.2) is 41.5 Å². The van der Waals surface area contributed by atoms with Gasteiger partial charge in [-0.1, -0.05) is 0 Å². The number of aryl methyl sites for hydroxylation is 1. The molecule has 0 amide bonds. The lowest BCUT2D eigenvalue weighted by molar-refractivity contribution is 0.299. The van der Waals surface area contributed by atoms with E-state index in [0.29, 0.717) is 12.2 Å². The summed E-state index contributed by atoms with van der Waals surface area (Å²) in [4.78, 5) is 15.6. The molecule has 1 fully saturated rings. The Morgan fingerprint density at radius 2 is 1.93 bits per heavy atom. The van der Waals surface area contributed by atoms with E-state index in [4.69, 9.17) is 4.74 Å². The molecule has 150 valence electrons. The molecular weight excluding hydrogens is 368 g/mol. The van der Waals surface area contributed by atoms with Crippen LogP contribution in [-0.2, 0) is 25.6 Å². The lowest BCUT2D eigenvalue weighted by atomic mass is 9.85. The van der Waals surface area contributed by atoms with Gasteiger partial charge in [0, 0.05) is 49.4 Å². The summed E-state index contributed by atoms with van der Waals surface area (Å²) in [5, 5.41) is 13.2. The Morgan fingerprint density at radius 3 is 2.66 bits per heavy atom. The van der Waals surface area contributed by atoms with Crippen LogP contribution in [0.4, 0.5) is 0 Å². The summed E-state index contributed by atoms with van der Waals surface area (Å²) in [7, 11) is 3.56. The molecule has 0 unspecified atom stereocenters. The summed E-state index contributed by atoms with van der Waals surface area (Å²) >= 11 is 0. The number of nitrogens with zero attached hydrogens (tertiary/aromatic N) is 6. The summed E-state index contributed by atoms with van der Waals surface area (Å²) < 4.78 is 8.86. The van der Waals surface area contributed by atoms with E-state index < -0.39 is 0 Å². The predicted octanol–water partition coefficient (Wildman–Crippen LogP) is 1.59. The van der Waals surface area contributed by atoms with Crippen LogP contribution in [0.2, 0.25) is 0 Å². The summed E-state index contributed by atoms with van der Waals surface area (Å²) in [6.07, 6.45) is 5.91.